The summed E-state index contributed by atoms with van der Waals surface area (Å²) in [5.41, 5.74) is 3.84. The number of ether oxygens (including phenoxy) is 1. The topological polar surface area (TPSA) is 89.8 Å². The third kappa shape index (κ3) is 4.79. The molecule has 8 nitrogen and oxygen atoms in total. The summed E-state index contributed by atoms with van der Waals surface area (Å²) in [6, 6.07) is 15.8. The van der Waals surface area contributed by atoms with Crippen LogP contribution in [0.15, 0.2) is 48.5 Å². The quantitative estimate of drug-likeness (QED) is 0.293. The van der Waals surface area contributed by atoms with E-state index < -0.39 is 0 Å². The Balaban J connectivity index is 1.56. The number of amides is 1. The van der Waals surface area contributed by atoms with Gasteiger partial charge in [0.2, 0.25) is 11.9 Å². The number of benzene rings is 2. The number of nitrogens with zero attached hydrogens (tertiary/aromatic N) is 4. The van der Waals surface area contributed by atoms with Crippen LogP contribution >= 0.6 is 12.2 Å². The Kier molecular flexibility index (Phi) is 6.77. The molecule has 0 saturated heterocycles. The predicted octanol–water partition coefficient (Wildman–Crippen LogP) is 4.33. The van der Waals surface area contributed by atoms with Gasteiger partial charge in [0.05, 0.1) is 11.0 Å². The number of imidazole rings is 1. The molecule has 0 unspecified atom stereocenters. The first-order valence-electron chi connectivity index (χ1n) is 10.6. The molecule has 0 saturated carbocycles. The minimum Gasteiger partial charge on any atom is -0.382 e. The fourth-order valence-electron chi connectivity index (χ4n) is 3.56. The lowest BCUT2D eigenvalue weighted by molar-refractivity contribution is -0.116. The molecule has 0 spiro atoms. The van der Waals surface area contributed by atoms with Crippen LogP contribution in [0.5, 0.6) is 0 Å². The van der Waals surface area contributed by atoms with Gasteiger partial charge in [-0.25, -0.2) is 4.98 Å². The van der Waals surface area contributed by atoms with Gasteiger partial charge < -0.3 is 9.30 Å². The lowest BCUT2D eigenvalue weighted by Crippen LogP contribution is -2.22. The molecule has 4 rings (SSSR count). The number of para-hydroxylation sites is 2. The van der Waals surface area contributed by atoms with E-state index in [4.69, 9.17) is 17.0 Å². The Hall–Kier alpha value is -3.30. The van der Waals surface area contributed by atoms with Crippen LogP contribution in [0.4, 0.5) is 5.95 Å². The van der Waals surface area contributed by atoms with Crippen molar-refractivity contribution in [3.05, 3.63) is 58.9 Å². The van der Waals surface area contributed by atoms with Crippen molar-refractivity contribution in [2.75, 3.05) is 18.5 Å². The molecule has 2 aromatic carbocycles. The molecule has 2 aromatic heterocycles. The molecule has 0 fully saturated rings. The lowest BCUT2D eigenvalue weighted by atomic mass is 10.1. The van der Waals surface area contributed by atoms with Gasteiger partial charge in [0, 0.05) is 25.3 Å². The van der Waals surface area contributed by atoms with Crippen molar-refractivity contribution in [3.63, 3.8) is 0 Å². The van der Waals surface area contributed by atoms with E-state index in [9.17, 15) is 4.79 Å². The highest BCUT2D eigenvalue weighted by Crippen LogP contribution is 2.21. The van der Waals surface area contributed by atoms with Crippen molar-refractivity contribution < 1.29 is 9.53 Å². The number of aromatic amines is 1. The van der Waals surface area contributed by atoms with E-state index in [1.165, 1.54) is 0 Å². The van der Waals surface area contributed by atoms with E-state index in [-0.39, 0.29) is 12.5 Å². The van der Waals surface area contributed by atoms with Gasteiger partial charge in [0.25, 0.3) is 0 Å². The zero-order chi connectivity index (χ0) is 22.5. The fourth-order valence-corrected chi connectivity index (χ4v) is 3.76. The van der Waals surface area contributed by atoms with E-state index in [0.717, 1.165) is 28.6 Å². The van der Waals surface area contributed by atoms with E-state index in [2.05, 4.69) is 20.5 Å². The smallest absolute Gasteiger partial charge is 0.246 e. The largest absolute Gasteiger partial charge is 0.382 e. The lowest BCUT2D eigenvalue weighted by Gasteiger charge is -2.11. The van der Waals surface area contributed by atoms with Crippen molar-refractivity contribution in [3.8, 4) is 11.4 Å². The zero-order valence-electron chi connectivity index (χ0n) is 18.2. The van der Waals surface area contributed by atoms with Crippen LogP contribution in [0.2, 0.25) is 0 Å². The minimum absolute atomic E-state index is 0.0285. The third-order valence-electron chi connectivity index (χ3n) is 5.15. The number of H-pyrrole nitrogens is 1. The summed E-state index contributed by atoms with van der Waals surface area (Å²) in [5.74, 6) is 0.909. The Labute approximate surface area is 191 Å². The predicted molar refractivity (Wildman–Crippen MR) is 127 cm³/mol. The summed E-state index contributed by atoms with van der Waals surface area (Å²) in [7, 11) is 0. The first kappa shape index (κ1) is 21.9. The normalized spacial score (nSPS) is 11.2. The maximum Gasteiger partial charge on any atom is 0.246 e. The SMILES string of the molecule is CCOCCCn1c(NC(=O)Cn2c(-c3ccc(C)cc3)n[nH]c2=S)nc2ccccc21. The number of hydrogen-bond donors (Lipinski definition) is 2. The highest BCUT2D eigenvalue weighted by molar-refractivity contribution is 7.71. The molecule has 4 aromatic rings. The summed E-state index contributed by atoms with van der Waals surface area (Å²) in [5, 5.41) is 10.1. The van der Waals surface area contributed by atoms with Gasteiger partial charge in [-0.15, -0.1) is 0 Å². The first-order valence-corrected chi connectivity index (χ1v) is 11.0. The molecule has 0 radical (unpaired) electrons. The van der Waals surface area contributed by atoms with Crippen LogP contribution in [0.25, 0.3) is 22.4 Å². The van der Waals surface area contributed by atoms with Gasteiger partial charge in [-0.2, -0.15) is 5.10 Å². The molecule has 32 heavy (non-hydrogen) atoms. The molecule has 0 aliphatic carbocycles. The van der Waals surface area contributed by atoms with Crippen molar-refractivity contribution in [2.45, 2.75) is 33.4 Å². The van der Waals surface area contributed by atoms with Gasteiger partial charge in [-0.3, -0.25) is 19.8 Å². The van der Waals surface area contributed by atoms with Crippen LogP contribution in [-0.2, 0) is 22.6 Å². The molecule has 0 aliphatic rings. The molecule has 2 heterocycles. The highest BCUT2D eigenvalue weighted by Gasteiger charge is 2.16. The van der Waals surface area contributed by atoms with Gasteiger partial charge >= 0.3 is 0 Å². The zero-order valence-corrected chi connectivity index (χ0v) is 19.0. The molecule has 166 valence electrons. The van der Waals surface area contributed by atoms with Gasteiger partial charge in [0.1, 0.15) is 6.54 Å². The molecule has 0 atom stereocenters. The van der Waals surface area contributed by atoms with Crippen LogP contribution in [0, 0.1) is 11.7 Å². The number of aryl methyl sites for hydroxylation is 2. The average Bonchev–Trinajstić information content (AvgIpc) is 3.32. The van der Waals surface area contributed by atoms with Gasteiger partial charge in [-0.1, -0.05) is 42.0 Å². The van der Waals surface area contributed by atoms with Gasteiger partial charge in [0.15, 0.2) is 10.6 Å². The fraction of sp³-hybridized carbons (Fsp3) is 0.304. The molecule has 0 bridgehead atoms. The van der Waals surface area contributed by atoms with Crippen molar-refractivity contribution in [1.29, 1.82) is 0 Å². The van der Waals surface area contributed by atoms with Crippen LogP contribution in [-0.4, -0.2) is 43.4 Å². The molecule has 1 amide bonds. The van der Waals surface area contributed by atoms with Gasteiger partial charge in [-0.05, 0) is 44.6 Å². The Morgan fingerprint density at radius 1 is 1.16 bits per heavy atom. The second-order valence-electron chi connectivity index (χ2n) is 7.48. The first-order chi connectivity index (χ1) is 15.6. The number of nitrogens with one attached hydrogen (secondary N) is 2. The third-order valence-corrected chi connectivity index (χ3v) is 5.46. The second kappa shape index (κ2) is 9.88. The average molecular weight is 451 g/mol. The number of rotatable bonds is 9. The summed E-state index contributed by atoms with van der Waals surface area (Å²) in [4.78, 5) is 17.6. The molecule has 2 N–H and O–H groups in total. The summed E-state index contributed by atoms with van der Waals surface area (Å²) in [6.07, 6.45) is 0.821. The van der Waals surface area contributed by atoms with Crippen molar-refractivity contribution >= 4 is 35.1 Å². The summed E-state index contributed by atoms with van der Waals surface area (Å²) < 4.78 is 9.56. The molecule has 9 heteroatoms. The van der Waals surface area contributed by atoms with E-state index in [0.29, 0.717) is 36.3 Å². The number of hydrogen-bond acceptors (Lipinski definition) is 5. The number of carbonyl (C=O) groups is 1. The minimum atomic E-state index is -0.225. The van der Waals surface area contributed by atoms with E-state index in [1.54, 1.807) is 4.57 Å². The molecular weight excluding hydrogens is 424 g/mol. The maximum absolute atomic E-state index is 13.0. The number of anilines is 1. The Morgan fingerprint density at radius 2 is 1.94 bits per heavy atom. The Morgan fingerprint density at radius 3 is 2.72 bits per heavy atom. The standard InChI is InChI=1S/C23H26N6O2S/c1-3-31-14-6-13-28-19-8-5-4-7-18(19)24-22(28)25-20(30)15-29-21(26-27-23(29)32)17-11-9-16(2)10-12-17/h4-5,7-12H,3,6,13-15H2,1-2H3,(H,27,32)(H,24,25,30). The maximum atomic E-state index is 13.0. The Bertz CT molecular complexity index is 1270. The van der Waals surface area contributed by atoms with Crippen LogP contribution in [0.3, 0.4) is 0 Å². The summed E-state index contributed by atoms with van der Waals surface area (Å²) in [6.45, 7) is 6.05. The van der Waals surface area contributed by atoms with Crippen LogP contribution < -0.4 is 5.32 Å². The van der Waals surface area contributed by atoms with E-state index in [1.807, 2.05) is 66.9 Å². The second-order valence-corrected chi connectivity index (χ2v) is 7.87. The van der Waals surface area contributed by atoms with E-state index >= 15 is 0 Å². The molecule has 0 aliphatic heterocycles. The summed E-state index contributed by atoms with van der Waals surface area (Å²) >= 11 is 5.37. The number of carbonyl (C=O) groups excluding carboxylic acids is 1. The van der Waals surface area contributed by atoms with Crippen molar-refractivity contribution in [1.82, 2.24) is 24.3 Å². The molecular formula is C23H26N6O2S. The monoisotopic (exact) mass is 450 g/mol. The van der Waals surface area contributed by atoms with Crippen molar-refractivity contribution in [2.24, 2.45) is 0 Å². The highest BCUT2D eigenvalue weighted by atomic mass is 32.1. The number of aromatic nitrogens is 5. The number of fused-ring (bicyclic) bond motifs is 1. The van der Waals surface area contributed by atoms with Crippen LogP contribution in [0.1, 0.15) is 18.9 Å².